The molecule has 5 heteroatoms. The first-order valence-electron chi connectivity index (χ1n) is 8.05. The number of nitrogens with one attached hydrogen (secondary N) is 1. The van der Waals surface area contributed by atoms with Crippen LogP contribution in [-0.4, -0.2) is 24.1 Å². The zero-order valence-corrected chi connectivity index (χ0v) is 14.2. The van der Waals surface area contributed by atoms with Crippen molar-refractivity contribution in [3.8, 4) is 11.3 Å². The fourth-order valence-corrected chi connectivity index (χ4v) is 4.28. The van der Waals surface area contributed by atoms with Crippen LogP contribution >= 0.6 is 11.3 Å². The van der Waals surface area contributed by atoms with Gasteiger partial charge in [0.1, 0.15) is 0 Å². The lowest BCUT2D eigenvalue weighted by atomic mass is 9.85. The number of ether oxygens (including phenoxy) is 1. The van der Waals surface area contributed by atoms with E-state index in [-0.39, 0.29) is 5.91 Å². The fourth-order valence-electron chi connectivity index (χ4n) is 3.28. The number of anilines is 1. The molecule has 0 bridgehead atoms. The number of carbonyl (C=O) groups is 1. The van der Waals surface area contributed by atoms with Gasteiger partial charge in [-0.25, -0.2) is 4.98 Å². The molecule has 3 heterocycles. The lowest BCUT2D eigenvalue weighted by molar-refractivity contribution is -0.119. The number of hydrogen-bond donors (Lipinski definition) is 1. The van der Waals surface area contributed by atoms with E-state index in [4.69, 9.17) is 9.72 Å². The Balaban J connectivity index is 1.66. The third-order valence-corrected chi connectivity index (χ3v) is 5.90. The summed E-state index contributed by atoms with van der Waals surface area (Å²) in [7, 11) is 0. The molecule has 2 aromatic rings. The quantitative estimate of drug-likeness (QED) is 0.908. The van der Waals surface area contributed by atoms with Gasteiger partial charge in [0, 0.05) is 35.8 Å². The van der Waals surface area contributed by atoms with E-state index in [2.05, 4.69) is 16.8 Å². The molecule has 0 aliphatic carbocycles. The van der Waals surface area contributed by atoms with Crippen molar-refractivity contribution in [1.82, 2.24) is 4.98 Å². The highest BCUT2D eigenvalue weighted by molar-refractivity contribution is 7.10. The number of benzene rings is 1. The molecule has 0 spiro atoms. The summed E-state index contributed by atoms with van der Waals surface area (Å²) in [6.45, 7) is 5.60. The largest absolute Gasteiger partial charge is 0.381 e. The lowest BCUT2D eigenvalue weighted by Gasteiger charge is -2.19. The van der Waals surface area contributed by atoms with Gasteiger partial charge in [-0.15, -0.1) is 11.3 Å². The highest BCUT2D eigenvalue weighted by atomic mass is 32.1. The van der Waals surface area contributed by atoms with Crippen molar-refractivity contribution in [1.29, 1.82) is 0 Å². The molecule has 1 aromatic carbocycles. The first-order chi connectivity index (χ1) is 11.1. The average molecular weight is 328 g/mol. The van der Waals surface area contributed by atoms with E-state index in [9.17, 15) is 4.79 Å². The lowest BCUT2D eigenvalue weighted by Crippen LogP contribution is -2.26. The first-order valence-corrected chi connectivity index (χ1v) is 8.93. The van der Waals surface area contributed by atoms with E-state index >= 15 is 0 Å². The minimum atomic E-state index is -0.481. The van der Waals surface area contributed by atoms with E-state index in [0.717, 1.165) is 48.6 Å². The highest BCUT2D eigenvalue weighted by Crippen LogP contribution is 2.40. The Kier molecular flexibility index (Phi) is 3.50. The number of carbonyl (C=O) groups excluding carboxylic acids is 1. The maximum atomic E-state index is 12.1. The molecular formula is C18H20N2O2S. The van der Waals surface area contributed by atoms with Crippen LogP contribution in [0.3, 0.4) is 0 Å². The zero-order valence-electron chi connectivity index (χ0n) is 13.4. The maximum absolute atomic E-state index is 12.1. The van der Waals surface area contributed by atoms with E-state index < -0.39 is 5.41 Å². The standard InChI is InChI=1S/C18H20N2O2S/c1-18(2)13-9-12(3-4-14(13)20-17(18)21)15-10-23-16(19-15)11-5-7-22-8-6-11/h3-4,9-11H,5-8H2,1-2H3,(H,20,21). The number of thiazole rings is 1. The third kappa shape index (κ3) is 2.48. The van der Waals surface area contributed by atoms with Gasteiger partial charge in [0.05, 0.1) is 16.1 Å². The van der Waals surface area contributed by atoms with Crippen molar-refractivity contribution in [3.05, 3.63) is 34.2 Å². The van der Waals surface area contributed by atoms with E-state index in [1.807, 2.05) is 26.0 Å². The smallest absolute Gasteiger partial charge is 0.234 e. The first kappa shape index (κ1) is 14.8. The second-order valence-electron chi connectivity index (χ2n) is 6.80. The monoisotopic (exact) mass is 328 g/mol. The molecule has 0 unspecified atom stereocenters. The Morgan fingerprint density at radius 3 is 2.87 bits per heavy atom. The molecule has 0 atom stereocenters. The molecule has 4 nitrogen and oxygen atoms in total. The van der Waals surface area contributed by atoms with Gasteiger partial charge < -0.3 is 10.1 Å². The van der Waals surface area contributed by atoms with Crippen molar-refractivity contribution in [2.24, 2.45) is 0 Å². The highest BCUT2D eigenvalue weighted by Gasteiger charge is 2.38. The van der Waals surface area contributed by atoms with E-state index in [1.165, 1.54) is 5.01 Å². The average Bonchev–Trinajstić information content (AvgIpc) is 3.13. The van der Waals surface area contributed by atoms with E-state index in [0.29, 0.717) is 5.92 Å². The van der Waals surface area contributed by atoms with Crippen LogP contribution in [0.1, 0.15) is 43.2 Å². The number of aromatic nitrogens is 1. The molecule has 1 amide bonds. The van der Waals surface area contributed by atoms with Crippen LogP contribution < -0.4 is 5.32 Å². The fraction of sp³-hybridized carbons (Fsp3) is 0.444. The van der Waals surface area contributed by atoms with Crippen molar-refractivity contribution >= 4 is 22.9 Å². The Labute approximate surface area is 139 Å². The second-order valence-corrected chi connectivity index (χ2v) is 7.69. The summed E-state index contributed by atoms with van der Waals surface area (Å²) in [5.74, 6) is 0.586. The number of amides is 1. The van der Waals surface area contributed by atoms with Crippen molar-refractivity contribution in [3.63, 3.8) is 0 Å². The Morgan fingerprint density at radius 1 is 1.30 bits per heavy atom. The van der Waals surface area contributed by atoms with Crippen LogP contribution in [-0.2, 0) is 14.9 Å². The van der Waals surface area contributed by atoms with Gasteiger partial charge >= 0.3 is 0 Å². The number of hydrogen-bond acceptors (Lipinski definition) is 4. The van der Waals surface area contributed by atoms with Gasteiger partial charge in [-0.05, 0) is 44.4 Å². The van der Waals surface area contributed by atoms with Gasteiger partial charge in [0.25, 0.3) is 0 Å². The number of fused-ring (bicyclic) bond motifs is 1. The molecular weight excluding hydrogens is 308 g/mol. The second kappa shape index (κ2) is 5.42. The van der Waals surface area contributed by atoms with Crippen LogP contribution in [0.4, 0.5) is 5.69 Å². The van der Waals surface area contributed by atoms with Crippen LogP contribution in [0.15, 0.2) is 23.6 Å². The molecule has 23 heavy (non-hydrogen) atoms. The van der Waals surface area contributed by atoms with Crippen molar-refractivity contribution in [2.75, 3.05) is 18.5 Å². The normalized spacial score (nSPS) is 20.3. The summed E-state index contributed by atoms with van der Waals surface area (Å²) in [5.41, 5.74) is 3.59. The Morgan fingerprint density at radius 2 is 2.09 bits per heavy atom. The number of rotatable bonds is 2. The SMILES string of the molecule is CC1(C)C(=O)Nc2ccc(-c3csc(C4CCOCC4)n3)cc21. The van der Waals surface area contributed by atoms with Crippen molar-refractivity contribution < 1.29 is 9.53 Å². The van der Waals surface area contributed by atoms with Crippen LogP contribution in [0.25, 0.3) is 11.3 Å². The maximum Gasteiger partial charge on any atom is 0.234 e. The van der Waals surface area contributed by atoms with Crippen LogP contribution in [0.2, 0.25) is 0 Å². The minimum absolute atomic E-state index is 0.0609. The van der Waals surface area contributed by atoms with E-state index in [1.54, 1.807) is 11.3 Å². The molecule has 2 aliphatic rings. The van der Waals surface area contributed by atoms with Crippen molar-refractivity contribution in [2.45, 2.75) is 38.0 Å². The summed E-state index contributed by atoms with van der Waals surface area (Å²) in [6, 6.07) is 6.14. The molecule has 4 rings (SSSR count). The predicted molar refractivity (Wildman–Crippen MR) is 92.0 cm³/mol. The van der Waals surface area contributed by atoms with Gasteiger partial charge in [-0.3, -0.25) is 4.79 Å². The Hall–Kier alpha value is -1.72. The molecule has 1 N–H and O–H groups in total. The minimum Gasteiger partial charge on any atom is -0.381 e. The molecule has 2 aliphatic heterocycles. The van der Waals surface area contributed by atoms with Crippen LogP contribution in [0, 0.1) is 0 Å². The molecule has 0 radical (unpaired) electrons. The van der Waals surface area contributed by atoms with Gasteiger partial charge in [-0.2, -0.15) is 0 Å². The summed E-state index contributed by atoms with van der Waals surface area (Å²) in [4.78, 5) is 16.9. The molecule has 1 fully saturated rings. The zero-order chi connectivity index (χ0) is 16.0. The van der Waals surface area contributed by atoms with Gasteiger partial charge in [0.2, 0.25) is 5.91 Å². The summed E-state index contributed by atoms with van der Waals surface area (Å²) >= 11 is 1.74. The summed E-state index contributed by atoms with van der Waals surface area (Å²) < 4.78 is 5.43. The Bertz CT molecular complexity index is 760. The third-order valence-electron chi connectivity index (χ3n) is 4.90. The topological polar surface area (TPSA) is 51.2 Å². The predicted octanol–water partition coefficient (Wildman–Crippen LogP) is 3.93. The van der Waals surface area contributed by atoms with Gasteiger partial charge in [0.15, 0.2) is 0 Å². The molecule has 0 saturated carbocycles. The summed E-state index contributed by atoms with van der Waals surface area (Å²) in [6.07, 6.45) is 2.12. The molecule has 1 aromatic heterocycles. The summed E-state index contributed by atoms with van der Waals surface area (Å²) in [5, 5.41) is 6.29. The van der Waals surface area contributed by atoms with Gasteiger partial charge in [-0.1, -0.05) is 6.07 Å². The molecule has 120 valence electrons. The number of nitrogens with zero attached hydrogens (tertiary/aromatic N) is 1. The molecule has 1 saturated heterocycles. The van der Waals surface area contributed by atoms with Crippen LogP contribution in [0.5, 0.6) is 0 Å².